The molecule has 7 heteroatoms. The van der Waals surface area contributed by atoms with Crippen LogP contribution in [0.25, 0.3) is 0 Å². The van der Waals surface area contributed by atoms with Crippen LogP contribution in [-0.2, 0) is 14.8 Å². The largest absolute Gasteiger partial charge is 0.341 e. The zero-order valence-electron chi connectivity index (χ0n) is 13.5. The van der Waals surface area contributed by atoms with Crippen molar-refractivity contribution in [3.05, 3.63) is 30.1 Å². The normalized spacial score (nSPS) is 16.1. The van der Waals surface area contributed by atoms with Crippen LogP contribution in [0, 0.1) is 5.82 Å². The number of rotatable bonds is 5. The second kappa shape index (κ2) is 7.29. The molecule has 1 fully saturated rings. The minimum absolute atomic E-state index is 0.172. The molecule has 1 aromatic rings. The molecular weight excluding hydrogens is 319 g/mol. The molecule has 1 aromatic carbocycles. The fraction of sp³-hybridized carbons (Fsp3) is 0.562. The van der Waals surface area contributed by atoms with Crippen molar-refractivity contribution in [2.45, 2.75) is 38.1 Å². The van der Waals surface area contributed by atoms with Gasteiger partial charge in [-0.3, -0.25) is 9.10 Å². The highest BCUT2D eigenvalue weighted by molar-refractivity contribution is 7.92. The Hall–Kier alpha value is -1.63. The number of carbonyl (C=O) groups excluding carboxylic acids is 1. The lowest BCUT2D eigenvalue weighted by Crippen LogP contribution is -2.45. The van der Waals surface area contributed by atoms with E-state index < -0.39 is 15.8 Å². The smallest absolute Gasteiger partial charge is 0.243 e. The minimum atomic E-state index is -3.63. The topological polar surface area (TPSA) is 57.7 Å². The Labute approximate surface area is 137 Å². The molecule has 0 atom stereocenters. The quantitative estimate of drug-likeness (QED) is 0.825. The number of halogens is 1. The van der Waals surface area contributed by atoms with Gasteiger partial charge in [0.15, 0.2) is 0 Å². The summed E-state index contributed by atoms with van der Waals surface area (Å²) in [4.78, 5) is 14.1. The van der Waals surface area contributed by atoms with E-state index in [-0.39, 0.29) is 18.5 Å². The lowest BCUT2D eigenvalue weighted by Gasteiger charge is -2.33. The lowest BCUT2D eigenvalue weighted by molar-refractivity contribution is -0.130. The number of benzene rings is 1. The molecule has 1 amide bonds. The minimum Gasteiger partial charge on any atom is -0.341 e. The molecular formula is C16H23FN2O3S. The van der Waals surface area contributed by atoms with Crippen molar-refractivity contribution in [3.63, 3.8) is 0 Å². The molecule has 0 unspecified atom stereocenters. The van der Waals surface area contributed by atoms with Crippen LogP contribution >= 0.6 is 0 Å². The Bertz CT molecular complexity index is 640. The van der Waals surface area contributed by atoms with Crippen LogP contribution in [0.1, 0.15) is 32.1 Å². The number of likely N-dealkylation sites (N-methyl/N-ethyl adjacent to an activating group) is 1. The highest BCUT2D eigenvalue weighted by atomic mass is 32.2. The Kier molecular flexibility index (Phi) is 5.62. The summed E-state index contributed by atoms with van der Waals surface area (Å²) in [5.74, 6) is -0.695. The predicted octanol–water partition coefficient (Wildman–Crippen LogP) is 2.38. The molecule has 5 nitrogen and oxygen atoms in total. The summed E-state index contributed by atoms with van der Waals surface area (Å²) >= 11 is 0. The van der Waals surface area contributed by atoms with Crippen molar-refractivity contribution in [2.24, 2.45) is 0 Å². The number of anilines is 1. The van der Waals surface area contributed by atoms with E-state index in [0.717, 1.165) is 36.2 Å². The summed E-state index contributed by atoms with van der Waals surface area (Å²) < 4.78 is 38.1. The van der Waals surface area contributed by atoms with E-state index >= 15 is 0 Å². The number of sulfonamides is 1. The second-order valence-electron chi connectivity index (χ2n) is 6.04. The number of hydrogen-bond acceptors (Lipinski definition) is 3. The van der Waals surface area contributed by atoms with Gasteiger partial charge in [-0.05, 0) is 37.1 Å². The molecule has 128 valence electrons. The van der Waals surface area contributed by atoms with Gasteiger partial charge in [0.25, 0.3) is 0 Å². The van der Waals surface area contributed by atoms with Crippen LogP contribution in [0.4, 0.5) is 10.1 Å². The van der Waals surface area contributed by atoms with Crippen molar-refractivity contribution in [1.82, 2.24) is 4.90 Å². The standard InChI is InChI=1S/C16H23FN2O3S/c1-18(14-6-4-3-5-7-14)16(20)12-19(23(2,21)22)15-10-8-13(17)9-11-15/h8-11,14H,3-7,12H2,1-2H3. The molecule has 0 aromatic heterocycles. The van der Waals surface area contributed by atoms with Crippen molar-refractivity contribution >= 4 is 21.6 Å². The van der Waals surface area contributed by atoms with Crippen LogP contribution in [0.15, 0.2) is 24.3 Å². The number of amides is 1. The Morgan fingerprint density at radius 3 is 2.26 bits per heavy atom. The van der Waals surface area contributed by atoms with Crippen molar-refractivity contribution in [1.29, 1.82) is 0 Å². The zero-order valence-corrected chi connectivity index (χ0v) is 14.4. The first-order valence-corrected chi connectivity index (χ1v) is 9.63. The summed E-state index contributed by atoms with van der Waals surface area (Å²) in [7, 11) is -1.90. The van der Waals surface area contributed by atoms with Crippen LogP contribution in [-0.4, -0.2) is 45.1 Å². The van der Waals surface area contributed by atoms with E-state index in [1.807, 2.05) is 0 Å². The van der Waals surface area contributed by atoms with Gasteiger partial charge in [0.1, 0.15) is 12.4 Å². The van der Waals surface area contributed by atoms with Gasteiger partial charge in [0, 0.05) is 13.1 Å². The van der Waals surface area contributed by atoms with E-state index in [1.165, 1.54) is 30.7 Å². The number of hydrogen-bond donors (Lipinski definition) is 0. The fourth-order valence-corrected chi connectivity index (χ4v) is 3.76. The molecule has 0 heterocycles. The van der Waals surface area contributed by atoms with Crippen molar-refractivity contribution in [2.75, 3.05) is 24.2 Å². The summed E-state index contributed by atoms with van der Waals surface area (Å²) in [5.41, 5.74) is 0.291. The van der Waals surface area contributed by atoms with Gasteiger partial charge >= 0.3 is 0 Å². The maximum Gasteiger partial charge on any atom is 0.243 e. The Balaban J connectivity index is 2.14. The van der Waals surface area contributed by atoms with E-state index in [4.69, 9.17) is 0 Å². The monoisotopic (exact) mass is 342 g/mol. The average molecular weight is 342 g/mol. The molecule has 1 aliphatic rings. The molecule has 0 bridgehead atoms. The molecule has 1 saturated carbocycles. The third-order valence-corrected chi connectivity index (χ3v) is 5.45. The van der Waals surface area contributed by atoms with Gasteiger partial charge in [-0.1, -0.05) is 19.3 Å². The van der Waals surface area contributed by atoms with Crippen LogP contribution < -0.4 is 4.31 Å². The molecule has 0 saturated heterocycles. The average Bonchev–Trinajstić information content (AvgIpc) is 2.52. The van der Waals surface area contributed by atoms with E-state index in [0.29, 0.717) is 5.69 Å². The van der Waals surface area contributed by atoms with Crippen molar-refractivity contribution in [3.8, 4) is 0 Å². The van der Waals surface area contributed by atoms with Gasteiger partial charge in [0.05, 0.1) is 11.9 Å². The molecule has 0 spiro atoms. The summed E-state index contributed by atoms with van der Waals surface area (Å²) in [5, 5.41) is 0. The third kappa shape index (κ3) is 4.67. The number of carbonyl (C=O) groups is 1. The van der Waals surface area contributed by atoms with Gasteiger partial charge in [-0.2, -0.15) is 0 Å². The van der Waals surface area contributed by atoms with E-state index in [1.54, 1.807) is 11.9 Å². The molecule has 23 heavy (non-hydrogen) atoms. The fourth-order valence-electron chi connectivity index (χ4n) is 2.91. The highest BCUT2D eigenvalue weighted by Crippen LogP contribution is 2.23. The number of nitrogens with zero attached hydrogens (tertiary/aromatic N) is 2. The summed E-state index contributed by atoms with van der Waals surface area (Å²) in [6.07, 6.45) is 6.33. The second-order valence-corrected chi connectivity index (χ2v) is 7.95. The first kappa shape index (κ1) is 17.7. The maximum atomic E-state index is 13.0. The van der Waals surface area contributed by atoms with Gasteiger partial charge in [-0.25, -0.2) is 12.8 Å². The SMILES string of the molecule is CN(C(=O)CN(c1ccc(F)cc1)S(C)(=O)=O)C1CCCCC1. The van der Waals surface area contributed by atoms with E-state index in [2.05, 4.69) is 0 Å². The van der Waals surface area contributed by atoms with Gasteiger partial charge in [0.2, 0.25) is 15.9 Å². The van der Waals surface area contributed by atoms with Crippen LogP contribution in [0.2, 0.25) is 0 Å². The first-order valence-electron chi connectivity index (χ1n) is 7.78. The molecule has 2 rings (SSSR count). The van der Waals surface area contributed by atoms with E-state index in [9.17, 15) is 17.6 Å². The van der Waals surface area contributed by atoms with Crippen LogP contribution in [0.5, 0.6) is 0 Å². The first-order chi connectivity index (χ1) is 10.8. The van der Waals surface area contributed by atoms with Gasteiger partial charge < -0.3 is 4.90 Å². The molecule has 0 aliphatic heterocycles. The summed E-state index contributed by atoms with van der Waals surface area (Å²) in [6.45, 7) is -0.266. The zero-order chi connectivity index (χ0) is 17.0. The predicted molar refractivity (Wildman–Crippen MR) is 88.2 cm³/mol. The van der Waals surface area contributed by atoms with Crippen molar-refractivity contribution < 1.29 is 17.6 Å². The maximum absolute atomic E-state index is 13.0. The lowest BCUT2D eigenvalue weighted by atomic mass is 9.94. The summed E-state index contributed by atoms with van der Waals surface area (Å²) in [6, 6.07) is 5.27. The Morgan fingerprint density at radius 2 is 1.74 bits per heavy atom. The Morgan fingerprint density at radius 1 is 1.17 bits per heavy atom. The van der Waals surface area contributed by atoms with Gasteiger partial charge in [-0.15, -0.1) is 0 Å². The third-order valence-electron chi connectivity index (χ3n) is 4.31. The highest BCUT2D eigenvalue weighted by Gasteiger charge is 2.26. The molecule has 0 N–H and O–H groups in total. The molecule has 0 radical (unpaired) electrons. The molecule has 1 aliphatic carbocycles. The van der Waals surface area contributed by atoms with Crippen LogP contribution in [0.3, 0.4) is 0 Å².